The number of nitrogens with zero attached hydrogens (tertiary/aromatic N) is 4. The van der Waals surface area contributed by atoms with Crippen LogP contribution in [0.1, 0.15) is 21.9 Å². The van der Waals surface area contributed by atoms with Crippen LogP contribution in [-0.2, 0) is 6.67 Å². The first-order valence-electron chi connectivity index (χ1n) is 7.92. The molecule has 0 radical (unpaired) electrons. The third-order valence-electron chi connectivity index (χ3n) is 3.66. The number of anilines is 1. The number of aryl methyl sites for hydroxylation is 2. The van der Waals surface area contributed by atoms with Gasteiger partial charge in [0.05, 0.1) is 10.7 Å². The first-order chi connectivity index (χ1) is 12.8. The van der Waals surface area contributed by atoms with E-state index in [9.17, 15) is 13.6 Å². The Hall–Kier alpha value is -2.94. The van der Waals surface area contributed by atoms with E-state index >= 15 is 0 Å². The summed E-state index contributed by atoms with van der Waals surface area (Å²) in [5.41, 5.74) is 2.41. The Morgan fingerprint density at radius 1 is 1.26 bits per heavy atom. The Morgan fingerprint density at radius 3 is 2.67 bits per heavy atom. The van der Waals surface area contributed by atoms with Gasteiger partial charge in [-0.3, -0.25) is 9.48 Å². The zero-order chi connectivity index (χ0) is 19.6. The fraction of sp³-hybridized carbons (Fsp3) is 0.235. The van der Waals surface area contributed by atoms with Crippen molar-refractivity contribution in [3.05, 3.63) is 58.6 Å². The van der Waals surface area contributed by atoms with E-state index in [0.717, 1.165) is 11.4 Å². The number of amides is 1. The van der Waals surface area contributed by atoms with Crippen LogP contribution in [0.3, 0.4) is 0 Å². The standard InChI is InChI=1S/C17H16ClF2N5O2/c1-10-7-11(2)25(22-10)9-24-6-5-14(23-24)16(26)21-12-3-4-15(13(18)8-12)27-17(19)20/h3-8,17H,9H2,1-2H3,(H,21,26). The number of carbonyl (C=O) groups is 1. The minimum absolute atomic E-state index is 0.0387. The molecule has 27 heavy (non-hydrogen) atoms. The number of rotatable bonds is 6. The monoisotopic (exact) mass is 395 g/mol. The molecular formula is C17H16ClF2N5O2. The van der Waals surface area contributed by atoms with Gasteiger partial charge in [0, 0.05) is 17.6 Å². The lowest BCUT2D eigenvalue weighted by atomic mass is 10.3. The van der Waals surface area contributed by atoms with Gasteiger partial charge in [0.1, 0.15) is 12.4 Å². The molecule has 0 aliphatic rings. The molecule has 0 bridgehead atoms. The fourth-order valence-corrected chi connectivity index (χ4v) is 2.71. The van der Waals surface area contributed by atoms with Crippen LogP contribution in [0, 0.1) is 13.8 Å². The van der Waals surface area contributed by atoms with E-state index in [-0.39, 0.29) is 16.5 Å². The normalized spacial score (nSPS) is 11.0. The molecule has 10 heteroatoms. The molecule has 0 unspecified atom stereocenters. The van der Waals surface area contributed by atoms with Crippen molar-refractivity contribution >= 4 is 23.2 Å². The number of alkyl halides is 2. The molecule has 3 aromatic rings. The molecule has 2 heterocycles. The minimum atomic E-state index is -2.98. The van der Waals surface area contributed by atoms with Gasteiger partial charge in [0.2, 0.25) is 0 Å². The van der Waals surface area contributed by atoms with E-state index in [1.54, 1.807) is 21.6 Å². The van der Waals surface area contributed by atoms with Crippen molar-refractivity contribution < 1.29 is 18.3 Å². The molecule has 1 N–H and O–H groups in total. The Bertz CT molecular complexity index is 970. The van der Waals surface area contributed by atoms with Gasteiger partial charge in [-0.2, -0.15) is 19.0 Å². The second kappa shape index (κ2) is 7.75. The smallest absolute Gasteiger partial charge is 0.387 e. The van der Waals surface area contributed by atoms with Crippen LogP contribution in [0.5, 0.6) is 5.75 Å². The zero-order valence-corrected chi connectivity index (χ0v) is 15.2. The lowest BCUT2D eigenvalue weighted by molar-refractivity contribution is -0.0497. The van der Waals surface area contributed by atoms with Crippen molar-refractivity contribution in [1.82, 2.24) is 19.6 Å². The highest BCUT2D eigenvalue weighted by molar-refractivity contribution is 6.32. The molecule has 1 amide bonds. The maximum absolute atomic E-state index is 12.3. The van der Waals surface area contributed by atoms with Crippen LogP contribution in [-0.4, -0.2) is 32.1 Å². The topological polar surface area (TPSA) is 74.0 Å². The largest absolute Gasteiger partial charge is 0.433 e. The molecule has 2 aromatic heterocycles. The molecular weight excluding hydrogens is 380 g/mol. The average molecular weight is 396 g/mol. The van der Waals surface area contributed by atoms with Crippen molar-refractivity contribution in [2.24, 2.45) is 0 Å². The summed E-state index contributed by atoms with van der Waals surface area (Å²) in [6.07, 6.45) is 1.66. The van der Waals surface area contributed by atoms with Gasteiger partial charge < -0.3 is 10.1 Å². The van der Waals surface area contributed by atoms with E-state index in [0.29, 0.717) is 12.4 Å². The molecule has 0 spiro atoms. The van der Waals surface area contributed by atoms with Crippen LogP contribution >= 0.6 is 11.6 Å². The van der Waals surface area contributed by atoms with Crippen molar-refractivity contribution in [2.75, 3.05) is 5.32 Å². The van der Waals surface area contributed by atoms with E-state index in [2.05, 4.69) is 20.3 Å². The second-order valence-corrected chi connectivity index (χ2v) is 6.19. The summed E-state index contributed by atoms with van der Waals surface area (Å²) < 4.78 is 32.1. The van der Waals surface area contributed by atoms with Gasteiger partial charge in [0.15, 0.2) is 5.69 Å². The SMILES string of the molecule is Cc1cc(C)n(Cn2ccc(C(=O)Nc3ccc(OC(F)F)c(Cl)c3)n2)n1. The van der Waals surface area contributed by atoms with E-state index < -0.39 is 12.5 Å². The maximum Gasteiger partial charge on any atom is 0.387 e. The van der Waals surface area contributed by atoms with Crippen molar-refractivity contribution in [2.45, 2.75) is 27.1 Å². The van der Waals surface area contributed by atoms with Crippen LogP contribution in [0.25, 0.3) is 0 Å². The van der Waals surface area contributed by atoms with Crippen LogP contribution < -0.4 is 10.1 Å². The van der Waals surface area contributed by atoms with Crippen LogP contribution in [0.15, 0.2) is 36.5 Å². The molecule has 0 aliphatic heterocycles. The molecule has 3 rings (SSSR count). The highest BCUT2D eigenvalue weighted by atomic mass is 35.5. The van der Waals surface area contributed by atoms with Crippen molar-refractivity contribution in [1.29, 1.82) is 0 Å². The molecule has 0 fully saturated rings. The molecule has 7 nitrogen and oxygen atoms in total. The van der Waals surface area contributed by atoms with Crippen LogP contribution in [0.2, 0.25) is 5.02 Å². The average Bonchev–Trinajstić information content (AvgIpc) is 3.17. The van der Waals surface area contributed by atoms with Gasteiger partial charge in [-0.05, 0) is 44.2 Å². The molecule has 0 saturated heterocycles. The lowest BCUT2D eigenvalue weighted by Gasteiger charge is -2.09. The number of ether oxygens (including phenoxy) is 1. The number of aromatic nitrogens is 4. The van der Waals surface area contributed by atoms with Gasteiger partial charge in [-0.1, -0.05) is 11.6 Å². The predicted octanol–water partition coefficient (Wildman–Crippen LogP) is 3.71. The number of halogens is 3. The number of benzene rings is 1. The number of nitrogens with one attached hydrogen (secondary N) is 1. The predicted molar refractivity (Wildman–Crippen MR) is 95.4 cm³/mol. The number of carbonyl (C=O) groups excluding carboxylic acids is 1. The molecule has 0 aliphatic carbocycles. The zero-order valence-electron chi connectivity index (χ0n) is 14.5. The van der Waals surface area contributed by atoms with Crippen molar-refractivity contribution in [3.8, 4) is 5.75 Å². The molecule has 1 aromatic carbocycles. The Kier molecular flexibility index (Phi) is 5.41. The van der Waals surface area contributed by atoms with E-state index in [1.165, 1.54) is 18.2 Å². The highest BCUT2D eigenvalue weighted by Crippen LogP contribution is 2.29. The first kappa shape index (κ1) is 18.8. The number of hydrogen-bond acceptors (Lipinski definition) is 4. The summed E-state index contributed by atoms with van der Waals surface area (Å²) in [4.78, 5) is 12.3. The third kappa shape index (κ3) is 4.62. The fourth-order valence-electron chi connectivity index (χ4n) is 2.48. The quantitative estimate of drug-likeness (QED) is 0.690. The van der Waals surface area contributed by atoms with Gasteiger partial charge in [0.25, 0.3) is 5.91 Å². The second-order valence-electron chi connectivity index (χ2n) is 5.79. The summed E-state index contributed by atoms with van der Waals surface area (Å²) >= 11 is 5.88. The van der Waals surface area contributed by atoms with Gasteiger partial charge in [-0.15, -0.1) is 0 Å². The molecule has 142 valence electrons. The van der Waals surface area contributed by atoms with E-state index in [1.807, 2.05) is 19.9 Å². The molecule has 0 atom stereocenters. The number of hydrogen-bond donors (Lipinski definition) is 1. The third-order valence-corrected chi connectivity index (χ3v) is 3.96. The summed E-state index contributed by atoms with van der Waals surface area (Å²) in [6, 6.07) is 7.50. The summed E-state index contributed by atoms with van der Waals surface area (Å²) in [6.45, 7) is 1.23. The van der Waals surface area contributed by atoms with Gasteiger partial charge in [-0.25, -0.2) is 4.68 Å². The Morgan fingerprint density at radius 2 is 2.04 bits per heavy atom. The minimum Gasteiger partial charge on any atom is -0.433 e. The highest BCUT2D eigenvalue weighted by Gasteiger charge is 2.13. The first-order valence-corrected chi connectivity index (χ1v) is 8.30. The Labute approximate surface area is 158 Å². The van der Waals surface area contributed by atoms with Gasteiger partial charge >= 0.3 is 6.61 Å². The lowest BCUT2D eigenvalue weighted by Crippen LogP contribution is -2.15. The Balaban J connectivity index is 1.67. The summed E-state index contributed by atoms with van der Waals surface area (Å²) in [5.74, 6) is -0.625. The summed E-state index contributed by atoms with van der Waals surface area (Å²) in [7, 11) is 0. The summed E-state index contributed by atoms with van der Waals surface area (Å²) in [5, 5.41) is 11.1. The maximum atomic E-state index is 12.3. The van der Waals surface area contributed by atoms with Crippen molar-refractivity contribution in [3.63, 3.8) is 0 Å². The van der Waals surface area contributed by atoms with Crippen LogP contribution in [0.4, 0.5) is 14.5 Å². The molecule has 0 saturated carbocycles. The van der Waals surface area contributed by atoms with E-state index in [4.69, 9.17) is 11.6 Å².